The summed E-state index contributed by atoms with van der Waals surface area (Å²) in [6.45, 7) is 2.03. The van der Waals surface area contributed by atoms with Crippen molar-refractivity contribution in [2.75, 3.05) is 6.26 Å². The number of benzene rings is 2. The molecule has 0 aliphatic heterocycles. The van der Waals surface area contributed by atoms with Crippen molar-refractivity contribution >= 4 is 22.6 Å². The number of ether oxygens (including phenoxy) is 1. The van der Waals surface area contributed by atoms with Gasteiger partial charge in [-0.2, -0.15) is 0 Å². The van der Waals surface area contributed by atoms with Crippen molar-refractivity contribution in [2.45, 2.75) is 6.92 Å². The smallest absolute Gasteiger partial charge is 0.159 e. The Hall–Kier alpha value is -1.94. The second-order valence-corrected chi connectivity index (χ2v) is 4.87. The molecule has 0 atom stereocenters. The molecule has 0 radical (unpaired) electrons. The van der Waals surface area contributed by atoms with Crippen molar-refractivity contribution in [2.24, 2.45) is 10.7 Å². The fourth-order valence-corrected chi connectivity index (χ4v) is 1.80. The predicted octanol–water partition coefficient (Wildman–Crippen LogP) is 4.10. The molecule has 4 heteroatoms. The van der Waals surface area contributed by atoms with Crippen LogP contribution in [0.4, 0.5) is 5.69 Å². The summed E-state index contributed by atoms with van der Waals surface area (Å²) in [7, 11) is 0. The highest BCUT2D eigenvalue weighted by atomic mass is 32.2. The van der Waals surface area contributed by atoms with Gasteiger partial charge in [0.25, 0.3) is 0 Å². The maximum absolute atomic E-state index is 5.86. The van der Waals surface area contributed by atoms with Crippen LogP contribution in [0.5, 0.6) is 11.5 Å². The van der Waals surface area contributed by atoms with Gasteiger partial charge in [0.05, 0.1) is 0 Å². The molecule has 0 bridgehead atoms. The van der Waals surface area contributed by atoms with E-state index in [1.165, 1.54) is 11.8 Å². The summed E-state index contributed by atoms with van der Waals surface area (Å²) in [5, 5.41) is 0.514. The number of aliphatic imine (C=N–C) groups is 1. The lowest BCUT2D eigenvalue weighted by molar-refractivity contribution is 0.483. The molecule has 2 rings (SSSR count). The zero-order valence-corrected chi connectivity index (χ0v) is 11.8. The van der Waals surface area contributed by atoms with E-state index in [0.717, 1.165) is 17.0 Å². The molecule has 0 fully saturated rings. The first-order valence-corrected chi connectivity index (χ1v) is 7.13. The monoisotopic (exact) mass is 272 g/mol. The molecule has 0 spiro atoms. The van der Waals surface area contributed by atoms with Gasteiger partial charge >= 0.3 is 0 Å². The Morgan fingerprint density at radius 3 is 2.68 bits per heavy atom. The van der Waals surface area contributed by atoms with Gasteiger partial charge in [-0.1, -0.05) is 36.0 Å². The molecule has 0 unspecified atom stereocenters. The largest absolute Gasteiger partial charge is 0.455 e. The van der Waals surface area contributed by atoms with Crippen LogP contribution in [-0.2, 0) is 0 Å². The van der Waals surface area contributed by atoms with E-state index in [-0.39, 0.29) is 0 Å². The topological polar surface area (TPSA) is 47.6 Å². The number of para-hydroxylation sites is 2. The highest BCUT2D eigenvalue weighted by molar-refractivity contribution is 8.13. The Morgan fingerprint density at radius 2 is 1.95 bits per heavy atom. The van der Waals surface area contributed by atoms with E-state index in [9.17, 15) is 0 Å². The Balaban J connectivity index is 2.30. The van der Waals surface area contributed by atoms with E-state index in [0.29, 0.717) is 10.9 Å². The van der Waals surface area contributed by atoms with E-state index in [2.05, 4.69) is 4.99 Å². The average Bonchev–Trinajstić information content (AvgIpc) is 2.41. The van der Waals surface area contributed by atoms with E-state index in [1.807, 2.05) is 61.7 Å². The fourth-order valence-electron chi connectivity index (χ4n) is 1.61. The summed E-state index contributed by atoms with van der Waals surface area (Å²) >= 11 is 1.41. The third kappa shape index (κ3) is 3.76. The maximum atomic E-state index is 5.86. The molecule has 0 heterocycles. The van der Waals surface area contributed by atoms with Gasteiger partial charge in [0, 0.05) is 0 Å². The Morgan fingerprint density at radius 1 is 1.16 bits per heavy atom. The van der Waals surface area contributed by atoms with Crippen LogP contribution < -0.4 is 10.5 Å². The quantitative estimate of drug-likeness (QED) is 0.676. The van der Waals surface area contributed by atoms with Crippen LogP contribution >= 0.6 is 11.8 Å². The van der Waals surface area contributed by atoms with Gasteiger partial charge in [0.15, 0.2) is 10.9 Å². The van der Waals surface area contributed by atoms with Gasteiger partial charge < -0.3 is 10.5 Å². The zero-order chi connectivity index (χ0) is 13.7. The lowest BCUT2D eigenvalue weighted by Gasteiger charge is -2.09. The van der Waals surface area contributed by atoms with Crippen molar-refractivity contribution in [3.63, 3.8) is 0 Å². The van der Waals surface area contributed by atoms with Crippen LogP contribution in [0, 0.1) is 6.92 Å². The van der Waals surface area contributed by atoms with Crippen LogP contribution in [0.3, 0.4) is 0 Å². The molecule has 3 nitrogen and oxygen atoms in total. The van der Waals surface area contributed by atoms with Crippen LogP contribution in [0.15, 0.2) is 53.5 Å². The minimum absolute atomic E-state index is 0.514. The van der Waals surface area contributed by atoms with Crippen LogP contribution in [0.2, 0.25) is 0 Å². The third-order valence-corrected chi connectivity index (χ3v) is 3.03. The fraction of sp³-hybridized carbons (Fsp3) is 0.133. The molecule has 2 aromatic carbocycles. The van der Waals surface area contributed by atoms with E-state index in [4.69, 9.17) is 10.5 Å². The summed E-state index contributed by atoms with van der Waals surface area (Å²) in [6, 6.07) is 15.5. The number of rotatable bonds is 3. The van der Waals surface area contributed by atoms with Crippen molar-refractivity contribution in [1.29, 1.82) is 0 Å². The summed E-state index contributed by atoms with van der Waals surface area (Å²) in [4.78, 5) is 4.33. The summed E-state index contributed by atoms with van der Waals surface area (Å²) < 4.78 is 5.86. The van der Waals surface area contributed by atoms with Crippen molar-refractivity contribution in [3.05, 3.63) is 54.1 Å². The molecule has 2 N–H and O–H groups in total. The second kappa shape index (κ2) is 6.29. The molecule has 0 amide bonds. The number of nitrogens with zero attached hydrogens (tertiary/aromatic N) is 1. The van der Waals surface area contributed by atoms with E-state index >= 15 is 0 Å². The number of hydrogen-bond acceptors (Lipinski definition) is 3. The number of nitrogens with two attached hydrogens (primary N) is 1. The van der Waals surface area contributed by atoms with Crippen molar-refractivity contribution in [3.8, 4) is 11.5 Å². The molecule has 0 saturated heterocycles. The number of aryl methyl sites for hydroxylation is 1. The molecule has 0 aliphatic rings. The molecule has 0 saturated carbocycles. The maximum Gasteiger partial charge on any atom is 0.159 e. The Labute approximate surface area is 117 Å². The SMILES string of the molecule is CSC(N)=Nc1ccccc1Oc1cccc(C)c1. The minimum Gasteiger partial charge on any atom is -0.455 e. The average molecular weight is 272 g/mol. The molecule has 2 aromatic rings. The Bertz CT molecular complexity index is 596. The van der Waals surface area contributed by atoms with Crippen LogP contribution in [-0.4, -0.2) is 11.4 Å². The first-order chi connectivity index (χ1) is 9.19. The molecular formula is C15H16N2OS. The summed E-state index contributed by atoms with van der Waals surface area (Å²) in [5.41, 5.74) is 7.64. The zero-order valence-electron chi connectivity index (χ0n) is 11.0. The Kier molecular flexibility index (Phi) is 4.47. The first kappa shape index (κ1) is 13.5. The van der Waals surface area contributed by atoms with E-state index in [1.54, 1.807) is 0 Å². The molecule has 0 aromatic heterocycles. The van der Waals surface area contributed by atoms with Crippen molar-refractivity contribution < 1.29 is 4.74 Å². The molecular weight excluding hydrogens is 256 g/mol. The second-order valence-electron chi connectivity index (χ2n) is 4.04. The van der Waals surface area contributed by atoms with Gasteiger partial charge in [-0.05, 0) is 43.0 Å². The lowest BCUT2D eigenvalue weighted by atomic mass is 10.2. The van der Waals surface area contributed by atoms with Crippen LogP contribution in [0.25, 0.3) is 0 Å². The third-order valence-electron chi connectivity index (χ3n) is 2.52. The van der Waals surface area contributed by atoms with Gasteiger partial charge in [-0.15, -0.1) is 0 Å². The number of thioether (sulfide) groups is 1. The number of hydrogen-bond donors (Lipinski definition) is 1. The predicted molar refractivity (Wildman–Crippen MR) is 82.5 cm³/mol. The standard InChI is InChI=1S/C15H16N2OS/c1-11-6-5-7-12(10-11)18-14-9-4-3-8-13(14)17-15(16)19-2/h3-10H,1-2H3,(H2,16,17). The van der Waals surface area contributed by atoms with Crippen LogP contribution in [0.1, 0.15) is 5.56 Å². The molecule has 98 valence electrons. The molecule has 0 aliphatic carbocycles. The highest BCUT2D eigenvalue weighted by Crippen LogP contribution is 2.32. The first-order valence-electron chi connectivity index (χ1n) is 5.91. The lowest BCUT2D eigenvalue weighted by Crippen LogP contribution is -2.04. The van der Waals surface area contributed by atoms with Crippen molar-refractivity contribution in [1.82, 2.24) is 0 Å². The summed E-state index contributed by atoms with van der Waals surface area (Å²) in [6.07, 6.45) is 1.89. The number of amidine groups is 1. The van der Waals surface area contributed by atoms with Gasteiger partial charge in [-0.3, -0.25) is 0 Å². The molecule has 19 heavy (non-hydrogen) atoms. The van der Waals surface area contributed by atoms with E-state index < -0.39 is 0 Å². The van der Waals surface area contributed by atoms with Gasteiger partial charge in [0.2, 0.25) is 0 Å². The minimum atomic E-state index is 0.514. The van der Waals surface area contributed by atoms with Gasteiger partial charge in [-0.25, -0.2) is 4.99 Å². The highest BCUT2D eigenvalue weighted by Gasteiger charge is 2.04. The van der Waals surface area contributed by atoms with Gasteiger partial charge in [0.1, 0.15) is 11.4 Å². The summed E-state index contributed by atoms with van der Waals surface area (Å²) in [5.74, 6) is 1.50. The normalized spacial score (nSPS) is 11.4.